The van der Waals surface area contributed by atoms with E-state index in [2.05, 4.69) is 21.2 Å². The van der Waals surface area contributed by atoms with Crippen LogP contribution in [0, 0.1) is 0 Å². The van der Waals surface area contributed by atoms with Crippen LogP contribution in [0.15, 0.2) is 40.9 Å². The Labute approximate surface area is 132 Å². The maximum Gasteiger partial charge on any atom is 0.416 e. The maximum atomic E-state index is 12.7. The fourth-order valence-corrected chi connectivity index (χ4v) is 2.44. The van der Waals surface area contributed by atoms with Crippen molar-refractivity contribution in [2.75, 3.05) is 5.32 Å². The van der Waals surface area contributed by atoms with E-state index in [9.17, 15) is 18.3 Å². The Balaban J connectivity index is 2.21. The number of anilines is 1. The van der Waals surface area contributed by atoms with Crippen LogP contribution in [0.1, 0.15) is 11.1 Å². The lowest BCUT2D eigenvalue weighted by Gasteiger charge is -2.12. The molecule has 2 aromatic carbocycles. The molecular weight excluding hydrogens is 371 g/mol. The number of alkyl halides is 3. The molecular formula is C14H10BrClF3NO. The summed E-state index contributed by atoms with van der Waals surface area (Å²) in [7, 11) is 0. The second kappa shape index (κ2) is 6.15. The minimum Gasteiger partial charge on any atom is -0.506 e. The van der Waals surface area contributed by atoms with Crippen molar-refractivity contribution >= 4 is 33.2 Å². The van der Waals surface area contributed by atoms with E-state index in [1.807, 2.05) is 0 Å². The van der Waals surface area contributed by atoms with Gasteiger partial charge in [-0.15, -0.1) is 0 Å². The van der Waals surface area contributed by atoms with E-state index in [0.29, 0.717) is 10.0 Å². The Morgan fingerprint density at radius 1 is 1.19 bits per heavy atom. The third kappa shape index (κ3) is 4.04. The van der Waals surface area contributed by atoms with Gasteiger partial charge in [0, 0.05) is 22.3 Å². The zero-order chi connectivity index (χ0) is 15.6. The Kier molecular flexibility index (Phi) is 4.68. The molecule has 0 aromatic heterocycles. The summed E-state index contributed by atoms with van der Waals surface area (Å²) in [6, 6.07) is 8.35. The van der Waals surface area contributed by atoms with E-state index in [1.54, 1.807) is 12.1 Å². The lowest BCUT2D eigenvalue weighted by Crippen LogP contribution is -2.07. The van der Waals surface area contributed by atoms with Crippen molar-refractivity contribution in [1.29, 1.82) is 0 Å². The molecule has 0 saturated heterocycles. The summed E-state index contributed by atoms with van der Waals surface area (Å²) in [4.78, 5) is 0. The number of phenols is 1. The molecule has 0 aliphatic heterocycles. The highest BCUT2D eigenvalue weighted by atomic mass is 79.9. The third-order valence-corrected chi connectivity index (χ3v) is 3.54. The summed E-state index contributed by atoms with van der Waals surface area (Å²) >= 11 is 8.82. The summed E-state index contributed by atoms with van der Waals surface area (Å²) in [5.74, 6) is -0.0855. The van der Waals surface area contributed by atoms with Gasteiger partial charge in [-0.1, -0.05) is 39.7 Å². The smallest absolute Gasteiger partial charge is 0.416 e. The van der Waals surface area contributed by atoms with Gasteiger partial charge in [-0.3, -0.25) is 0 Å². The highest BCUT2D eigenvalue weighted by molar-refractivity contribution is 9.10. The number of nitrogens with one attached hydrogen (secondary N) is 1. The van der Waals surface area contributed by atoms with Gasteiger partial charge in [0.2, 0.25) is 0 Å². The van der Waals surface area contributed by atoms with Gasteiger partial charge in [-0.25, -0.2) is 0 Å². The molecule has 21 heavy (non-hydrogen) atoms. The zero-order valence-electron chi connectivity index (χ0n) is 10.5. The molecule has 2 aromatic rings. The van der Waals surface area contributed by atoms with E-state index in [0.717, 1.165) is 12.1 Å². The summed E-state index contributed by atoms with van der Waals surface area (Å²) in [6.45, 7) is 0.153. The minimum absolute atomic E-state index is 0.0855. The average molecular weight is 381 g/mol. The lowest BCUT2D eigenvalue weighted by atomic mass is 10.1. The highest BCUT2D eigenvalue weighted by Gasteiger charge is 2.31. The average Bonchev–Trinajstić information content (AvgIpc) is 2.39. The van der Waals surface area contributed by atoms with Gasteiger partial charge in [-0.2, -0.15) is 13.2 Å². The largest absolute Gasteiger partial charge is 0.506 e. The Morgan fingerprint density at radius 3 is 2.57 bits per heavy atom. The van der Waals surface area contributed by atoms with E-state index >= 15 is 0 Å². The maximum absolute atomic E-state index is 12.7. The molecule has 0 saturated carbocycles. The fraction of sp³-hybridized carbons (Fsp3) is 0.143. The molecule has 2 N–H and O–H groups in total. The molecule has 0 aliphatic carbocycles. The topological polar surface area (TPSA) is 32.3 Å². The van der Waals surface area contributed by atoms with Crippen LogP contribution >= 0.6 is 27.5 Å². The first kappa shape index (κ1) is 16.0. The fourth-order valence-electron chi connectivity index (χ4n) is 1.76. The van der Waals surface area contributed by atoms with Gasteiger partial charge in [0.15, 0.2) is 0 Å². The second-order valence-corrected chi connectivity index (χ2v) is 5.65. The van der Waals surface area contributed by atoms with Gasteiger partial charge in [-0.05, 0) is 24.3 Å². The SMILES string of the molecule is Oc1c(Cl)cccc1CNc1cc(Br)cc(C(F)(F)F)c1. The number of benzene rings is 2. The molecule has 0 radical (unpaired) electrons. The van der Waals surface area contributed by atoms with Gasteiger partial charge in [0.25, 0.3) is 0 Å². The highest BCUT2D eigenvalue weighted by Crippen LogP contribution is 2.34. The van der Waals surface area contributed by atoms with E-state index in [-0.39, 0.29) is 23.0 Å². The van der Waals surface area contributed by atoms with Crippen LogP contribution < -0.4 is 5.32 Å². The van der Waals surface area contributed by atoms with Crippen LogP contribution in [0.25, 0.3) is 0 Å². The number of rotatable bonds is 3. The summed E-state index contributed by atoms with van der Waals surface area (Å²) in [5, 5.41) is 12.8. The molecule has 0 bridgehead atoms. The second-order valence-electron chi connectivity index (χ2n) is 4.33. The molecule has 0 atom stereocenters. The van der Waals surface area contributed by atoms with Gasteiger partial charge in [0.05, 0.1) is 10.6 Å². The Bertz CT molecular complexity index is 661. The number of hydrogen-bond acceptors (Lipinski definition) is 2. The molecule has 2 nitrogen and oxygen atoms in total. The Hall–Kier alpha value is -1.40. The molecule has 0 fully saturated rings. The first-order valence-electron chi connectivity index (χ1n) is 5.85. The summed E-state index contributed by atoms with van der Waals surface area (Å²) in [6.07, 6.45) is -4.42. The van der Waals surface area contributed by atoms with Crippen LogP contribution in [-0.4, -0.2) is 5.11 Å². The lowest BCUT2D eigenvalue weighted by molar-refractivity contribution is -0.137. The molecule has 0 unspecified atom stereocenters. The number of para-hydroxylation sites is 1. The van der Waals surface area contributed by atoms with Crippen LogP contribution in [0.4, 0.5) is 18.9 Å². The monoisotopic (exact) mass is 379 g/mol. The van der Waals surface area contributed by atoms with Crippen molar-refractivity contribution in [3.05, 3.63) is 57.0 Å². The molecule has 0 amide bonds. The Morgan fingerprint density at radius 2 is 1.90 bits per heavy atom. The number of phenolic OH excluding ortho intramolecular Hbond substituents is 1. The van der Waals surface area contributed by atoms with Crippen molar-refractivity contribution < 1.29 is 18.3 Å². The number of hydrogen-bond donors (Lipinski definition) is 2. The van der Waals surface area contributed by atoms with Crippen molar-refractivity contribution in [3.8, 4) is 5.75 Å². The van der Waals surface area contributed by atoms with Crippen molar-refractivity contribution in [2.45, 2.75) is 12.7 Å². The predicted molar refractivity (Wildman–Crippen MR) is 79.6 cm³/mol. The van der Waals surface area contributed by atoms with Crippen molar-refractivity contribution in [1.82, 2.24) is 0 Å². The van der Waals surface area contributed by atoms with Gasteiger partial charge in [0.1, 0.15) is 5.75 Å². The van der Waals surface area contributed by atoms with E-state index < -0.39 is 11.7 Å². The normalized spacial score (nSPS) is 11.5. The quantitative estimate of drug-likeness (QED) is 0.743. The van der Waals surface area contributed by atoms with Crippen molar-refractivity contribution in [3.63, 3.8) is 0 Å². The number of halogens is 5. The molecule has 112 valence electrons. The predicted octanol–water partition coefficient (Wildman–Crippen LogP) is 5.44. The van der Waals surface area contributed by atoms with Gasteiger partial charge < -0.3 is 10.4 Å². The molecule has 0 aliphatic rings. The first-order valence-corrected chi connectivity index (χ1v) is 7.02. The summed E-state index contributed by atoms with van der Waals surface area (Å²) < 4.78 is 38.5. The standard InChI is InChI=1S/C14H10BrClF3NO/c15-10-4-9(14(17,18)19)5-11(6-10)20-7-8-2-1-3-12(16)13(8)21/h1-6,20-21H,7H2. The van der Waals surface area contributed by atoms with E-state index in [4.69, 9.17) is 11.6 Å². The van der Waals surface area contributed by atoms with Crippen LogP contribution in [0.3, 0.4) is 0 Å². The van der Waals surface area contributed by atoms with Crippen molar-refractivity contribution in [2.24, 2.45) is 0 Å². The number of aromatic hydroxyl groups is 1. The third-order valence-electron chi connectivity index (χ3n) is 2.78. The molecule has 2 rings (SSSR count). The van der Waals surface area contributed by atoms with E-state index in [1.165, 1.54) is 12.1 Å². The van der Waals surface area contributed by atoms with Crippen LogP contribution in [0.5, 0.6) is 5.75 Å². The zero-order valence-corrected chi connectivity index (χ0v) is 12.9. The van der Waals surface area contributed by atoms with Crippen LogP contribution in [0.2, 0.25) is 5.02 Å². The molecule has 0 spiro atoms. The van der Waals surface area contributed by atoms with Gasteiger partial charge >= 0.3 is 6.18 Å². The minimum atomic E-state index is -4.42. The summed E-state index contributed by atoms with van der Waals surface area (Å²) in [5.41, 5.74) is 0.0294. The first-order chi connectivity index (χ1) is 9.77. The van der Waals surface area contributed by atoms with Crippen LogP contribution in [-0.2, 0) is 12.7 Å². The molecule has 7 heteroatoms. The molecule has 0 heterocycles.